The Balaban J connectivity index is 1.11. The number of hydrogen-bond acceptors (Lipinski definition) is 7. The van der Waals surface area contributed by atoms with E-state index in [2.05, 4.69) is 46.3 Å². The molecule has 0 saturated carbocycles. The third-order valence-electron chi connectivity index (χ3n) is 7.54. The molecule has 5 rings (SSSR count). The third-order valence-corrected chi connectivity index (χ3v) is 8.48. The van der Waals surface area contributed by atoms with Crippen molar-refractivity contribution in [1.29, 1.82) is 0 Å². The molecule has 8 nitrogen and oxygen atoms in total. The van der Waals surface area contributed by atoms with Crippen LogP contribution in [0.15, 0.2) is 76.7 Å². The number of rotatable bonds is 9. The summed E-state index contributed by atoms with van der Waals surface area (Å²) < 4.78 is 10.8. The van der Waals surface area contributed by atoms with E-state index in [9.17, 15) is 9.59 Å². The molecule has 0 aliphatic carbocycles. The van der Waals surface area contributed by atoms with E-state index in [0.29, 0.717) is 12.3 Å². The highest BCUT2D eigenvalue weighted by Gasteiger charge is 2.38. The molecule has 2 aromatic carbocycles. The molecule has 3 heterocycles. The van der Waals surface area contributed by atoms with Gasteiger partial charge in [-0.2, -0.15) is 0 Å². The third kappa shape index (κ3) is 7.83. The van der Waals surface area contributed by atoms with Gasteiger partial charge in [-0.1, -0.05) is 48.2 Å². The maximum atomic E-state index is 12.7. The number of carbonyl (C=O) groups is 2. The van der Waals surface area contributed by atoms with Gasteiger partial charge in [-0.05, 0) is 82.0 Å². The Labute approximate surface area is 252 Å². The van der Waals surface area contributed by atoms with Crippen LogP contribution in [0.2, 0.25) is 0 Å². The van der Waals surface area contributed by atoms with Crippen molar-refractivity contribution in [3.63, 3.8) is 0 Å². The zero-order chi connectivity index (χ0) is 29.7. The molecule has 2 aliphatic rings. The summed E-state index contributed by atoms with van der Waals surface area (Å²) in [6.45, 7) is 10.9. The number of likely N-dealkylation sites (tertiary alicyclic amines) is 1. The Morgan fingerprint density at radius 1 is 1.02 bits per heavy atom. The Morgan fingerprint density at radius 2 is 1.74 bits per heavy atom. The van der Waals surface area contributed by atoms with Gasteiger partial charge in [-0.25, -0.2) is 14.6 Å². The fourth-order valence-corrected chi connectivity index (χ4v) is 6.35. The highest BCUT2D eigenvalue weighted by atomic mass is 32.2. The second-order valence-electron chi connectivity index (χ2n) is 11.9. The molecule has 0 radical (unpaired) electrons. The van der Waals surface area contributed by atoms with E-state index in [-0.39, 0.29) is 30.7 Å². The van der Waals surface area contributed by atoms with Crippen LogP contribution >= 0.6 is 11.8 Å². The summed E-state index contributed by atoms with van der Waals surface area (Å²) >= 11 is 1.60. The fraction of sp³-hybridized carbons (Fsp3) is 0.424. The number of ether oxygens (including phenoxy) is 2. The van der Waals surface area contributed by atoms with E-state index in [0.717, 1.165) is 48.1 Å². The minimum absolute atomic E-state index is 0.0541. The molecule has 1 unspecified atom stereocenters. The van der Waals surface area contributed by atoms with Crippen molar-refractivity contribution in [1.82, 2.24) is 20.1 Å². The number of piperidine rings is 1. The zero-order valence-corrected chi connectivity index (χ0v) is 25.7. The average Bonchev–Trinajstić information content (AvgIpc) is 3.35. The van der Waals surface area contributed by atoms with E-state index < -0.39 is 5.60 Å². The van der Waals surface area contributed by atoms with Crippen LogP contribution in [0, 0.1) is 6.92 Å². The molecule has 0 bridgehead atoms. The first-order valence-corrected chi connectivity index (χ1v) is 15.4. The van der Waals surface area contributed by atoms with Crippen LogP contribution in [0.3, 0.4) is 0 Å². The molecule has 0 spiro atoms. The minimum atomic E-state index is -0.530. The minimum Gasteiger partial charge on any atom is -0.482 e. The van der Waals surface area contributed by atoms with Crippen molar-refractivity contribution in [2.75, 3.05) is 26.2 Å². The SMILES string of the molecule is Cc1nc(Sc2ccc(OCC(=O)OC(C)(C)C)cc2)ccc1CN1CCC(N2C(=O)NCC2c2ccccc2)CC1. The summed E-state index contributed by atoms with van der Waals surface area (Å²) in [6, 6.07) is 22.6. The van der Waals surface area contributed by atoms with E-state index in [1.807, 2.05) is 63.2 Å². The normalized spacial score (nSPS) is 18.1. The number of pyridine rings is 1. The molecule has 3 aromatic rings. The summed E-state index contributed by atoms with van der Waals surface area (Å²) in [5.74, 6) is 0.232. The Morgan fingerprint density at radius 3 is 2.40 bits per heavy atom. The van der Waals surface area contributed by atoms with E-state index >= 15 is 0 Å². The number of aryl methyl sites for hydroxylation is 1. The van der Waals surface area contributed by atoms with Crippen LogP contribution < -0.4 is 10.1 Å². The number of nitrogens with zero attached hydrogens (tertiary/aromatic N) is 3. The average molecular weight is 589 g/mol. The van der Waals surface area contributed by atoms with Gasteiger partial charge in [0.05, 0.1) is 6.04 Å². The molecule has 1 aromatic heterocycles. The fourth-order valence-electron chi connectivity index (χ4n) is 5.51. The van der Waals surface area contributed by atoms with Crippen LogP contribution in [0.5, 0.6) is 5.75 Å². The Hall–Kier alpha value is -3.56. The molecular weight excluding hydrogens is 548 g/mol. The maximum absolute atomic E-state index is 12.7. The van der Waals surface area contributed by atoms with Crippen LogP contribution in [0.4, 0.5) is 4.79 Å². The van der Waals surface area contributed by atoms with Crippen LogP contribution in [-0.2, 0) is 16.1 Å². The van der Waals surface area contributed by atoms with Gasteiger partial charge in [0, 0.05) is 42.8 Å². The van der Waals surface area contributed by atoms with Gasteiger partial charge in [0.1, 0.15) is 16.4 Å². The lowest BCUT2D eigenvalue weighted by Crippen LogP contribution is -2.46. The predicted molar refractivity (Wildman–Crippen MR) is 164 cm³/mol. The number of urea groups is 1. The molecule has 9 heteroatoms. The molecular formula is C33H40N4O4S. The lowest BCUT2D eigenvalue weighted by atomic mass is 9.98. The lowest BCUT2D eigenvalue weighted by Gasteiger charge is -2.39. The second-order valence-corrected chi connectivity index (χ2v) is 13.0. The summed E-state index contributed by atoms with van der Waals surface area (Å²) in [7, 11) is 0. The lowest BCUT2D eigenvalue weighted by molar-refractivity contribution is -0.157. The number of esters is 1. The van der Waals surface area contributed by atoms with Gasteiger partial charge in [0.15, 0.2) is 6.61 Å². The van der Waals surface area contributed by atoms with Gasteiger partial charge in [-0.15, -0.1) is 0 Å². The molecule has 222 valence electrons. The largest absolute Gasteiger partial charge is 0.482 e. The van der Waals surface area contributed by atoms with Gasteiger partial charge in [0.2, 0.25) is 0 Å². The van der Waals surface area contributed by atoms with Crippen molar-refractivity contribution in [3.8, 4) is 5.75 Å². The first-order valence-electron chi connectivity index (χ1n) is 14.6. The number of aromatic nitrogens is 1. The van der Waals surface area contributed by atoms with Gasteiger partial charge >= 0.3 is 12.0 Å². The van der Waals surface area contributed by atoms with Crippen molar-refractivity contribution in [3.05, 3.63) is 83.6 Å². The van der Waals surface area contributed by atoms with E-state index in [1.165, 1.54) is 11.1 Å². The number of carbonyl (C=O) groups excluding carboxylic acids is 2. The molecule has 2 amide bonds. The molecule has 42 heavy (non-hydrogen) atoms. The Bertz CT molecular complexity index is 1370. The van der Waals surface area contributed by atoms with Crippen LogP contribution in [0.25, 0.3) is 0 Å². The smallest absolute Gasteiger partial charge is 0.344 e. The number of amides is 2. The van der Waals surface area contributed by atoms with Crippen LogP contribution in [-0.4, -0.2) is 64.7 Å². The highest BCUT2D eigenvalue weighted by Crippen LogP contribution is 2.32. The van der Waals surface area contributed by atoms with Crippen molar-refractivity contribution < 1.29 is 19.1 Å². The highest BCUT2D eigenvalue weighted by molar-refractivity contribution is 7.99. The second kappa shape index (κ2) is 13.2. The molecule has 1 atom stereocenters. The monoisotopic (exact) mass is 588 g/mol. The first kappa shape index (κ1) is 29.9. The Kier molecular flexibility index (Phi) is 9.38. The van der Waals surface area contributed by atoms with Crippen LogP contribution in [0.1, 0.15) is 56.5 Å². The first-order chi connectivity index (χ1) is 20.1. The maximum Gasteiger partial charge on any atom is 0.344 e. The predicted octanol–water partition coefficient (Wildman–Crippen LogP) is 5.99. The topological polar surface area (TPSA) is 84.0 Å². The zero-order valence-electron chi connectivity index (χ0n) is 24.8. The molecule has 1 N–H and O–H groups in total. The summed E-state index contributed by atoms with van der Waals surface area (Å²) in [6.07, 6.45) is 1.93. The summed E-state index contributed by atoms with van der Waals surface area (Å²) in [5, 5.41) is 3.99. The van der Waals surface area contributed by atoms with Crippen molar-refractivity contribution in [2.24, 2.45) is 0 Å². The molecule has 2 fully saturated rings. The van der Waals surface area contributed by atoms with Crippen molar-refractivity contribution >= 4 is 23.8 Å². The van der Waals surface area contributed by atoms with Gasteiger partial charge in [-0.3, -0.25) is 4.90 Å². The van der Waals surface area contributed by atoms with Gasteiger partial charge in [0.25, 0.3) is 0 Å². The summed E-state index contributed by atoms with van der Waals surface area (Å²) in [5.41, 5.74) is 2.92. The van der Waals surface area contributed by atoms with Crippen molar-refractivity contribution in [2.45, 2.75) is 74.7 Å². The van der Waals surface area contributed by atoms with Gasteiger partial charge < -0.3 is 19.7 Å². The quantitative estimate of drug-likeness (QED) is 0.307. The number of nitrogens with one attached hydrogen (secondary N) is 1. The number of benzene rings is 2. The summed E-state index contributed by atoms with van der Waals surface area (Å²) in [4.78, 5) is 35.1. The standard InChI is InChI=1S/C33H40N4O4S/c1-23-25(10-15-30(35-23)42-28-13-11-27(12-14-28)40-22-31(38)41-33(2,3)4)21-36-18-16-26(17-19-36)37-29(20-34-32(37)39)24-8-6-5-7-9-24/h5-15,26,29H,16-22H2,1-4H3,(H,34,39). The number of hydrogen-bond donors (Lipinski definition) is 1. The van der Waals surface area contributed by atoms with E-state index in [1.54, 1.807) is 11.8 Å². The molecule has 2 aliphatic heterocycles. The van der Waals surface area contributed by atoms with E-state index in [4.69, 9.17) is 14.5 Å². The molecule has 2 saturated heterocycles.